The summed E-state index contributed by atoms with van der Waals surface area (Å²) in [7, 11) is 1.99. The first-order valence-corrected chi connectivity index (χ1v) is 11.1. The molecule has 0 aliphatic rings. The van der Waals surface area contributed by atoms with E-state index in [0.29, 0.717) is 26.4 Å². The van der Waals surface area contributed by atoms with Crippen molar-refractivity contribution in [2.24, 2.45) is 10.8 Å². The van der Waals surface area contributed by atoms with Crippen LogP contribution in [-0.4, -0.2) is 75.6 Å². The fourth-order valence-corrected chi connectivity index (χ4v) is 2.09. The lowest BCUT2D eigenvalue weighted by molar-refractivity contribution is -0.162. The molecule has 0 amide bonds. The summed E-state index contributed by atoms with van der Waals surface area (Å²) in [6, 6.07) is 0. The summed E-state index contributed by atoms with van der Waals surface area (Å²) in [6.45, 7) is 18.5. The Labute approximate surface area is 183 Å². The lowest BCUT2D eigenvalue weighted by Gasteiger charge is -2.24. The fraction of sp³-hybridized carbons (Fsp3) is 0.913. The third-order valence-electron chi connectivity index (χ3n) is 5.43. The van der Waals surface area contributed by atoms with Crippen LogP contribution in [-0.2, 0) is 28.5 Å². The Hall–Kier alpha value is -1.18. The first-order chi connectivity index (χ1) is 13.9. The van der Waals surface area contributed by atoms with Crippen molar-refractivity contribution in [3.05, 3.63) is 0 Å². The average Bonchev–Trinajstić information content (AvgIpc) is 2.68. The highest BCUT2D eigenvalue weighted by Crippen LogP contribution is 2.23. The summed E-state index contributed by atoms with van der Waals surface area (Å²) in [6.07, 6.45) is 0.951. The van der Waals surface area contributed by atoms with Gasteiger partial charge in [-0.15, -0.1) is 0 Å². The van der Waals surface area contributed by atoms with E-state index in [2.05, 4.69) is 4.90 Å². The quantitative estimate of drug-likeness (QED) is 0.272. The molecule has 0 rings (SSSR count). The van der Waals surface area contributed by atoms with Crippen molar-refractivity contribution in [3.63, 3.8) is 0 Å². The largest absolute Gasteiger partial charge is 0.460 e. The van der Waals surface area contributed by atoms with Crippen molar-refractivity contribution in [2.45, 2.75) is 80.4 Å². The Morgan fingerprint density at radius 3 is 1.40 bits per heavy atom. The molecule has 0 saturated heterocycles. The van der Waals surface area contributed by atoms with E-state index in [-0.39, 0.29) is 24.1 Å². The molecule has 0 fully saturated rings. The van der Waals surface area contributed by atoms with Crippen molar-refractivity contribution >= 4 is 11.9 Å². The smallest absolute Gasteiger partial charge is 0.311 e. The first kappa shape index (κ1) is 28.8. The molecule has 178 valence electrons. The second kappa shape index (κ2) is 14.0. The Kier molecular flexibility index (Phi) is 13.4. The van der Waals surface area contributed by atoms with Gasteiger partial charge in [0.15, 0.2) is 0 Å². The van der Waals surface area contributed by atoms with Gasteiger partial charge >= 0.3 is 11.9 Å². The van der Waals surface area contributed by atoms with Crippen molar-refractivity contribution in [1.82, 2.24) is 4.90 Å². The highest BCUT2D eigenvalue weighted by molar-refractivity contribution is 5.76. The number of ether oxygens (including phenoxy) is 4. The van der Waals surface area contributed by atoms with Crippen LogP contribution in [0.1, 0.15) is 68.2 Å². The monoisotopic (exact) mass is 431 g/mol. The van der Waals surface area contributed by atoms with Crippen molar-refractivity contribution < 1.29 is 28.5 Å². The minimum atomic E-state index is -0.462. The fourth-order valence-electron chi connectivity index (χ4n) is 2.09. The number of carbonyl (C=O) groups is 2. The van der Waals surface area contributed by atoms with Crippen LogP contribution in [0.4, 0.5) is 0 Å². The Bertz CT molecular complexity index is 462. The van der Waals surface area contributed by atoms with Gasteiger partial charge in [-0.3, -0.25) is 9.59 Å². The van der Waals surface area contributed by atoms with Crippen LogP contribution in [0.5, 0.6) is 0 Å². The van der Waals surface area contributed by atoms with Crippen LogP contribution in [0.3, 0.4) is 0 Å². The molecule has 2 atom stereocenters. The highest BCUT2D eigenvalue weighted by Gasteiger charge is 2.29. The molecule has 0 bridgehead atoms. The normalized spacial score (nSPS) is 14.5. The third-order valence-corrected chi connectivity index (χ3v) is 5.43. The van der Waals surface area contributed by atoms with Gasteiger partial charge in [-0.2, -0.15) is 0 Å². The van der Waals surface area contributed by atoms with E-state index < -0.39 is 10.8 Å². The summed E-state index contributed by atoms with van der Waals surface area (Å²) in [4.78, 5) is 26.2. The average molecular weight is 432 g/mol. The molecule has 7 heteroatoms. The Morgan fingerprint density at radius 1 is 0.767 bits per heavy atom. The minimum Gasteiger partial charge on any atom is -0.460 e. The molecule has 0 heterocycles. The van der Waals surface area contributed by atoms with Crippen LogP contribution in [0, 0.1) is 10.8 Å². The Morgan fingerprint density at radius 2 is 1.10 bits per heavy atom. The number of hydrogen-bond donors (Lipinski definition) is 0. The molecule has 0 N–H and O–H groups in total. The second-order valence-electron chi connectivity index (χ2n) is 9.36. The molecular formula is C23H45NO6. The van der Waals surface area contributed by atoms with Crippen LogP contribution >= 0.6 is 0 Å². The van der Waals surface area contributed by atoms with Crippen molar-refractivity contribution in [2.75, 3.05) is 46.6 Å². The molecule has 30 heavy (non-hydrogen) atoms. The summed E-state index contributed by atoms with van der Waals surface area (Å²) in [5.74, 6) is -0.373. The maximum Gasteiger partial charge on any atom is 0.311 e. The molecule has 0 aliphatic carbocycles. The number of likely N-dealkylation sites (N-methyl/N-ethyl adjacent to an activating group) is 1. The molecule has 0 saturated carbocycles. The summed E-state index contributed by atoms with van der Waals surface area (Å²) >= 11 is 0. The molecule has 0 aromatic heterocycles. The maximum atomic E-state index is 12.0. The molecule has 0 aromatic rings. The number of rotatable bonds is 16. The molecule has 0 radical (unpaired) electrons. The predicted molar refractivity (Wildman–Crippen MR) is 118 cm³/mol. The third kappa shape index (κ3) is 11.9. The van der Waals surface area contributed by atoms with Crippen LogP contribution < -0.4 is 0 Å². The zero-order chi connectivity index (χ0) is 23.4. The SMILES string of the molecule is CCC(C)(C)C(=O)OC(C)COCCN(C)CCOCC(C)OC(=O)C(C)(C)CC. The predicted octanol–water partition coefficient (Wildman–Crippen LogP) is 3.69. The van der Waals surface area contributed by atoms with Gasteiger partial charge in [0.25, 0.3) is 0 Å². The van der Waals surface area contributed by atoms with E-state index in [0.717, 1.165) is 25.9 Å². The molecule has 0 spiro atoms. The van der Waals surface area contributed by atoms with E-state index in [9.17, 15) is 9.59 Å². The van der Waals surface area contributed by atoms with Crippen LogP contribution in [0.2, 0.25) is 0 Å². The maximum absolute atomic E-state index is 12.0. The Balaban J connectivity index is 3.85. The van der Waals surface area contributed by atoms with Gasteiger partial charge in [-0.05, 0) is 61.4 Å². The molecule has 0 aromatic carbocycles. The summed E-state index contributed by atoms with van der Waals surface area (Å²) < 4.78 is 22.1. The lowest BCUT2D eigenvalue weighted by atomic mass is 9.90. The van der Waals surface area contributed by atoms with E-state index in [1.165, 1.54) is 0 Å². The van der Waals surface area contributed by atoms with E-state index in [1.807, 2.05) is 62.4 Å². The van der Waals surface area contributed by atoms with E-state index >= 15 is 0 Å². The van der Waals surface area contributed by atoms with Gasteiger partial charge in [0.05, 0.1) is 37.3 Å². The molecule has 7 nitrogen and oxygen atoms in total. The van der Waals surface area contributed by atoms with Crippen LogP contribution in [0.15, 0.2) is 0 Å². The van der Waals surface area contributed by atoms with E-state index in [4.69, 9.17) is 18.9 Å². The number of esters is 2. The van der Waals surface area contributed by atoms with Gasteiger partial charge in [0.1, 0.15) is 12.2 Å². The summed E-state index contributed by atoms with van der Waals surface area (Å²) in [5.41, 5.74) is -0.924. The van der Waals surface area contributed by atoms with Gasteiger partial charge in [-0.1, -0.05) is 13.8 Å². The molecule has 0 aliphatic heterocycles. The minimum absolute atomic E-state index is 0.187. The first-order valence-electron chi connectivity index (χ1n) is 11.1. The topological polar surface area (TPSA) is 74.3 Å². The lowest BCUT2D eigenvalue weighted by Crippen LogP contribution is -2.33. The van der Waals surface area contributed by atoms with Crippen LogP contribution in [0.25, 0.3) is 0 Å². The van der Waals surface area contributed by atoms with Crippen molar-refractivity contribution in [1.29, 1.82) is 0 Å². The van der Waals surface area contributed by atoms with Gasteiger partial charge in [0.2, 0.25) is 0 Å². The van der Waals surface area contributed by atoms with E-state index in [1.54, 1.807) is 0 Å². The van der Waals surface area contributed by atoms with Gasteiger partial charge in [-0.25, -0.2) is 0 Å². The number of carbonyl (C=O) groups excluding carboxylic acids is 2. The zero-order valence-electron chi connectivity index (χ0n) is 20.7. The number of nitrogens with zero attached hydrogens (tertiary/aromatic N) is 1. The zero-order valence-corrected chi connectivity index (χ0v) is 20.7. The van der Waals surface area contributed by atoms with Gasteiger partial charge in [0, 0.05) is 13.1 Å². The molecule has 2 unspecified atom stereocenters. The standard InChI is InChI=1S/C23H45NO6/c1-10-22(5,6)20(25)29-18(3)16-27-14-12-24(9)13-15-28-17-19(4)30-21(26)23(7,8)11-2/h18-19H,10-17H2,1-9H3. The summed E-state index contributed by atoms with van der Waals surface area (Å²) in [5, 5.41) is 0. The second-order valence-corrected chi connectivity index (χ2v) is 9.36. The van der Waals surface area contributed by atoms with Gasteiger partial charge < -0.3 is 23.8 Å². The highest BCUT2D eigenvalue weighted by atomic mass is 16.6. The van der Waals surface area contributed by atoms with Crippen molar-refractivity contribution in [3.8, 4) is 0 Å². The number of hydrogen-bond acceptors (Lipinski definition) is 7. The molecular weight excluding hydrogens is 386 g/mol.